The van der Waals surface area contributed by atoms with Crippen LogP contribution in [-0.2, 0) is 5.54 Å². The minimum absolute atomic E-state index is 0.0604. The molecule has 2 heterocycles. The Morgan fingerprint density at radius 1 is 1.44 bits per heavy atom. The van der Waals surface area contributed by atoms with Crippen LogP contribution in [0.4, 0.5) is 0 Å². The van der Waals surface area contributed by atoms with E-state index in [0.29, 0.717) is 0 Å². The largest absolute Gasteiger partial charge is 0.304 e. The highest BCUT2D eigenvalue weighted by Crippen LogP contribution is 2.49. The van der Waals surface area contributed by atoms with Crippen molar-refractivity contribution in [1.29, 1.82) is 0 Å². The summed E-state index contributed by atoms with van der Waals surface area (Å²) in [5.41, 5.74) is 1.49. The molecule has 1 aromatic rings. The van der Waals surface area contributed by atoms with Crippen molar-refractivity contribution in [3.63, 3.8) is 0 Å². The Balaban J connectivity index is 2.38. The molecule has 1 N–H and O–H groups in total. The summed E-state index contributed by atoms with van der Waals surface area (Å²) in [6.45, 7) is 10.2. The Labute approximate surface area is 119 Å². The lowest BCUT2D eigenvalue weighted by Gasteiger charge is -2.49. The molecule has 1 fully saturated rings. The van der Waals surface area contributed by atoms with E-state index in [0.717, 1.165) is 18.0 Å². The van der Waals surface area contributed by atoms with Gasteiger partial charge in [0.25, 0.3) is 0 Å². The monoisotopic (exact) mass is 284 g/mol. The fourth-order valence-corrected chi connectivity index (χ4v) is 5.55. The summed E-state index contributed by atoms with van der Waals surface area (Å²) in [5, 5.41) is 7.30. The van der Waals surface area contributed by atoms with Gasteiger partial charge in [0, 0.05) is 16.8 Å². The van der Waals surface area contributed by atoms with Gasteiger partial charge in [-0.15, -0.1) is 11.3 Å². The van der Waals surface area contributed by atoms with E-state index < -0.39 is 0 Å². The van der Waals surface area contributed by atoms with E-state index in [2.05, 4.69) is 50.2 Å². The number of hydrogen-bond donors (Lipinski definition) is 1. The molecule has 1 unspecified atom stereocenters. The van der Waals surface area contributed by atoms with Crippen LogP contribution in [0, 0.1) is 12.3 Å². The van der Waals surface area contributed by atoms with Crippen LogP contribution in [0.1, 0.15) is 44.3 Å². The maximum absolute atomic E-state index is 4.80. The van der Waals surface area contributed by atoms with Gasteiger partial charge in [-0.25, -0.2) is 4.98 Å². The Hall–Kier alpha value is -0.0600. The van der Waals surface area contributed by atoms with Crippen molar-refractivity contribution in [2.45, 2.75) is 46.1 Å². The Morgan fingerprint density at radius 3 is 2.78 bits per heavy atom. The smallest absolute Gasteiger partial charge is 0.114 e. The van der Waals surface area contributed by atoms with Crippen LogP contribution in [0.5, 0.6) is 0 Å². The number of aromatic nitrogens is 1. The van der Waals surface area contributed by atoms with Crippen LogP contribution in [0.15, 0.2) is 5.38 Å². The van der Waals surface area contributed by atoms with Crippen molar-refractivity contribution in [1.82, 2.24) is 10.3 Å². The first-order valence-electron chi connectivity index (χ1n) is 6.77. The number of thioether (sulfide) groups is 1. The zero-order valence-electron chi connectivity index (χ0n) is 11.9. The number of nitrogens with zero attached hydrogens (tertiary/aromatic N) is 1. The van der Waals surface area contributed by atoms with Crippen LogP contribution >= 0.6 is 23.1 Å². The molecule has 0 radical (unpaired) electrons. The topological polar surface area (TPSA) is 24.9 Å². The van der Waals surface area contributed by atoms with E-state index in [-0.39, 0.29) is 11.0 Å². The fraction of sp³-hybridized carbons (Fsp3) is 0.786. The van der Waals surface area contributed by atoms with E-state index in [9.17, 15) is 0 Å². The Bertz CT molecular complexity index is 400. The number of nitrogens with one attached hydrogen (secondary N) is 1. The van der Waals surface area contributed by atoms with Crippen LogP contribution < -0.4 is 5.32 Å². The van der Waals surface area contributed by atoms with Crippen molar-refractivity contribution in [3.05, 3.63) is 16.1 Å². The predicted octanol–water partition coefficient (Wildman–Crippen LogP) is 3.81. The second-order valence-electron chi connectivity index (χ2n) is 5.81. The van der Waals surface area contributed by atoms with E-state index in [1.165, 1.54) is 23.6 Å². The van der Waals surface area contributed by atoms with Crippen molar-refractivity contribution in [2.75, 3.05) is 18.1 Å². The highest BCUT2D eigenvalue weighted by molar-refractivity contribution is 7.99. The van der Waals surface area contributed by atoms with Crippen LogP contribution in [0.3, 0.4) is 0 Å². The minimum Gasteiger partial charge on any atom is -0.304 e. The molecule has 2 nitrogen and oxygen atoms in total. The van der Waals surface area contributed by atoms with E-state index in [4.69, 9.17) is 4.98 Å². The lowest BCUT2D eigenvalue weighted by Crippen LogP contribution is -2.57. The first kappa shape index (κ1) is 14.4. The molecule has 102 valence electrons. The molecule has 18 heavy (non-hydrogen) atoms. The number of hydrogen-bond acceptors (Lipinski definition) is 4. The fourth-order valence-electron chi connectivity index (χ4n) is 2.57. The van der Waals surface area contributed by atoms with Gasteiger partial charge in [0.05, 0.1) is 5.54 Å². The van der Waals surface area contributed by atoms with Gasteiger partial charge in [-0.2, -0.15) is 11.8 Å². The van der Waals surface area contributed by atoms with E-state index in [1.54, 1.807) is 0 Å². The lowest BCUT2D eigenvalue weighted by molar-refractivity contribution is 0.129. The van der Waals surface area contributed by atoms with Crippen molar-refractivity contribution in [2.24, 2.45) is 5.41 Å². The van der Waals surface area contributed by atoms with Crippen molar-refractivity contribution in [3.8, 4) is 0 Å². The SMILES string of the molecule is CCCNC1(c2nc(C)cs2)CSCCC1(C)C. The molecular weight excluding hydrogens is 260 g/mol. The second-order valence-corrected chi connectivity index (χ2v) is 7.78. The van der Waals surface area contributed by atoms with Crippen molar-refractivity contribution >= 4 is 23.1 Å². The Kier molecular flexibility index (Phi) is 4.40. The van der Waals surface area contributed by atoms with Gasteiger partial charge in [-0.05, 0) is 37.5 Å². The third kappa shape index (κ3) is 2.47. The summed E-state index contributed by atoms with van der Waals surface area (Å²) in [7, 11) is 0. The van der Waals surface area contributed by atoms with Crippen LogP contribution in [-0.4, -0.2) is 23.0 Å². The molecule has 0 spiro atoms. The predicted molar refractivity (Wildman–Crippen MR) is 82.5 cm³/mol. The molecule has 1 aliphatic heterocycles. The van der Waals surface area contributed by atoms with Crippen LogP contribution in [0.2, 0.25) is 0 Å². The summed E-state index contributed by atoms with van der Waals surface area (Å²) < 4.78 is 0. The lowest BCUT2D eigenvalue weighted by atomic mass is 9.71. The van der Waals surface area contributed by atoms with E-state index in [1.807, 2.05) is 11.3 Å². The van der Waals surface area contributed by atoms with Gasteiger partial charge in [0.1, 0.15) is 5.01 Å². The normalized spacial score (nSPS) is 27.3. The molecule has 2 rings (SSSR count). The highest BCUT2D eigenvalue weighted by atomic mass is 32.2. The second kappa shape index (κ2) is 5.51. The van der Waals surface area contributed by atoms with Crippen molar-refractivity contribution < 1.29 is 0 Å². The molecule has 0 bridgehead atoms. The summed E-state index contributed by atoms with van der Waals surface area (Å²) in [5.74, 6) is 2.42. The molecule has 1 saturated heterocycles. The summed E-state index contributed by atoms with van der Waals surface area (Å²) in [6, 6.07) is 0. The third-order valence-electron chi connectivity index (χ3n) is 4.01. The first-order valence-corrected chi connectivity index (χ1v) is 8.81. The highest BCUT2D eigenvalue weighted by Gasteiger charge is 2.49. The van der Waals surface area contributed by atoms with Gasteiger partial charge in [0.15, 0.2) is 0 Å². The third-order valence-corrected chi connectivity index (χ3v) is 6.26. The standard InChI is InChI=1S/C14H24N2S2/c1-5-7-15-14(12-16-11(2)9-18-12)10-17-8-6-13(14,3)4/h9,15H,5-8,10H2,1-4H3. The van der Waals surface area contributed by atoms with Gasteiger partial charge < -0.3 is 5.32 Å². The summed E-state index contributed by atoms with van der Waals surface area (Å²) >= 11 is 3.88. The molecule has 1 aliphatic rings. The zero-order chi connectivity index (χ0) is 13.2. The average Bonchev–Trinajstić information content (AvgIpc) is 2.75. The molecule has 0 amide bonds. The number of thiazole rings is 1. The Morgan fingerprint density at radius 2 is 2.22 bits per heavy atom. The maximum atomic E-state index is 4.80. The number of rotatable bonds is 4. The van der Waals surface area contributed by atoms with Gasteiger partial charge in [-0.3, -0.25) is 0 Å². The maximum Gasteiger partial charge on any atom is 0.114 e. The van der Waals surface area contributed by atoms with Crippen LogP contribution in [0.25, 0.3) is 0 Å². The van der Waals surface area contributed by atoms with E-state index >= 15 is 0 Å². The van der Waals surface area contributed by atoms with Gasteiger partial charge >= 0.3 is 0 Å². The molecular formula is C14H24N2S2. The quantitative estimate of drug-likeness (QED) is 0.910. The average molecular weight is 284 g/mol. The first-order chi connectivity index (χ1) is 8.52. The summed E-state index contributed by atoms with van der Waals surface area (Å²) in [4.78, 5) is 4.80. The molecule has 1 aromatic heterocycles. The molecule has 1 atom stereocenters. The molecule has 0 aromatic carbocycles. The number of aryl methyl sites for hydroxylation is 1. The molecule has 0 saturated carbocycles. The molecule has 4 heteroatoms. The minimum atomic E-state index is 0.0604. The molecule has 0 aliphatic carbocycles. The zero-order valence-corrected chi connectivity index (χ0v) is 13.5. The van der Waals surface area contributed by atoms with Gasteiger partial charge in [-0.1, -0.05) is 20.8 Å². The van der Waals surface area contributed by atoms with Gasteiger partial charge in [0.2, 0.25) is 0 Å². The summed E-state index contributed by atoms with van der Waals surface area (Å²) in [6.07, 6.45) is 2.43.